The maximum absolute atomic E-state index is 13.8. The van der Waals surface area contributed by atoms with E-state index in [2.05, 4.69) is 37.2 Å². The zero-order valence-electron chi connectivity index (χ0n) is 41.5. The molecule has 2 atom stereocenters. The van der Waals surface area contributed by atoms with Crippen molar-refractivity contribution in [3.63, 3.8) is 0 Å². The van der Waals surface area contributed by atoms with Crippen molar-refractivity contribution in [3.05, 3.63) is 59.2 Å². The molecule has 23 heteroatoms. The molecule has 2 aliphatic rings. The summed E-state index contributed by atoms with van der Waals surface area (Å²) >= 11 is 3.18. The largest absolute Gasteiger partial charge is 1.00 e. The third-order valence-corrected chi connectivity index (χ3v) is 11.1. The Bertz CT molecular complexity index is 1990. The number of ketones is 2. The molecule has 2 fully saturated rings. The fourth-order valence-corrected chi connectivity index (χ4v) is 7.42. The number of Topliss-reactive ketones (excluding diaryl/α,β-unsaturated/α-hetero) is 2. The first-order valence-corrected chi connectivity index (χ1v) is 24.2. The number of halogens is 8. The summed E-state index contributed by atoms with van der Waals surface area (Å²) in [5.41, 5.74) is -1.13. The Balaban J connectivity index is 0.00000116. The average Bonchev–Trinajstić information content (AvgIpc) is 4.03. The van der Waals surface area contributed by atoms with E-state index in [0.717, 1.165) is 64.2 Å². The minimum Gasteiger partial charge on any atom is -1.00 e. The maximum atomic E-state index is 13.8. The number of carbonyl (C=O) groups excluding carboxylic acids is 6. The van der Waals surface area contributed by atoms with Crippen molar-refractivity contribution in [2.75, 3.05) is 25.0 Å². The Kier molecular flexibility index (Phi) is 32.4. The zero-order valence-corrected chi connectivity index (χ0v) is 46.2. The summed E-state index contributed by atoms with van der Waals surface area (Å²) in [7, 11) is 0. The number of nitrogens with one attached hydrogen (secondary N) is 4. The van der Waals surface area contributed by atoms with Crippen molar-refractivity contribution in [1.29, 1.82) is 0 Å². The fourth-order valence-electron chi connectivity index (χ4n) is 7.03. The molecule has 2 saturated carbocycles. The normalized spacial score (nSPS) is 14.3. The average molecular weight is 1110 g/mol. The van der Waals surface area contributed by atoms with E-state index < -0.39 is 94.3 Å². The molecule has 0 bridgehead atoms. The van der Waals surface area contributed by atoms with Crippen molar-refractivity contribution in [2.24, 2.45) is 11.8 Å². The van der Waals surface area contributed by atoms with E-state index in [1.54, 1.807) is 20.8 Å². The molecular formula is C48H67BrF7KN4O10. The summed E-state index contributed by atoms with van der Waals surface area (Å²) in [5.74, 6) is -11.2. The quantitative estimate of drug-likeness (QED) is 0.0430. The molecule has 0 spiro atoms. The van der Waals surface area contributed by atoms with Crippen molar-refractivity contribution in [3.8, 4) is 11.5 Å². The molecule has 2 aromatic rings. The number of phenolic OH excluding ortho intramolecular Hbond substituents is 1. The SMILES string of the molecule is CC(C)(C)OC(=O)NCCCC[C@H](NC(=O)C1CCCC1)C(=O)CBr.CC(C)(C)OC(=O)NCCCC[C@H](NC(=O)C1CCCC1)C(=O)COc1c(F)ccc(F)c1F.Oc1c(F)ccc(F)c1F.[F-].[K+]. The predicted molar refractivity (Wildman–Crippen MR) is 248 cm³/mol. The van der Waals surface area contributed by atoms with Crippen LogP contribution in [0.5, 0.6) is 11.5 Å². The smallest absolute Gasteiger partial charge is 1.00 e. The van der Waals surface area contributed by atoms with Gasteiger partial charge in [-0.3, -0.25) is 19.2 Å². The zero-order chi connectivity index (χ0) is 51.9. The van der Waals surface area contributed by atoms with E-state index in [-0.39, 0.29) is 97.3 Å². The van der Waals surface area contributed by atoms with E-state index in [1.807, 2.05) is 20.8 Å². The Morgan fingerprint density at radius 3 is 1.39 bits per heavy atom. The Labute approximate surface area is 461 Å². The number of aromatic hydroxyl groups is 1. The molecule has 0 radical (unpaired) electrons. The molecule has 4 rings (SSSR count). The fraction of sp³-hybridized carbons (Fsp3) is 0.625. The molecule has 2 aliphatic carbocycles. The number of ether oxygens (including phenoxy) is 3. The first-order chi connectivity index (χ1) is 32.3. The Morgan fingerprint density at radius 2 is 1.00 bits per heavy atom. The first kappa shape index (κ1) is 67.5. The molecule has 0 saturated heterocycles. The van der Waals surface area contributed by atoms with Crippen LogP contribution in [0.25, 0.3) is 0 Å². The maximum Gasteiger partial charge on any atom is 1.00 e. The van der Waals surface area contributed by atoms with Crippen molar-refractivity contribution < 1.29 is 131 Å². The van der Waals surface area contributed by atoms with E-state index in [1.165, 1.54) is 0 Å². The molecule has 5 N–H and O–H groups in total. The Hall–Kier alpha value is -3.51. The van der Waals surface area contributed by atoms with E-state index in [0.29, 0.717) is 56.6 Å². The van der Waals surface area contributed by atoms with Gasteiger partial charge in [0.2, 0.25) is 23.4 Å². The second kappa shape index (κ2) is 34.1. The van der Waals surface area contributed by atoms with Gasteiger partial charge in [-0.15, -0.1) is 0 Å². The second-order valence-corrected chi connectivity index (χ2v) is 19.2. The van der Waals surface area contributed by atoms with Crippen LogP contribution in [0.3, 0.4) is 0 Å². The van der Waals surface area contributed by atoms with Crippen LogP contribution in [-0.4, -0.2) is 89.0 Å². The molecule has 0 unspecified atom stereocenters. The summed E-state index contributed by atoms with van der Waals surface area (Å²) in [6.45, 7) is 10.8. The number of unbranched alkanes of at least 4 members (excludes halogenated alkanes) is 2. The van der Waals surface area contributed by atoms with Crippen LogP contribution >= 0.6 is 15.9 Å². The monoisotopic (exact) mass is 1110 g/mol. The van der Waals surface area contributed by atoms with Crippen molar-refractivity contribution in [2.45, 2.75) is 155 Å². The predicted octanol–water partition coefficient (Wildman–Crippen LogP) is 3.56. The molecular weight excluding hydrogens is 1040 g/mol. The summed E-state index contributed by atoms with van der Waals surface area (Å²) in [6.07, 6.45) is 9.65. The van der Waals surface area contributed by atoms with Gasteiger partial charge in [0.15, 0.2) is 46.3 Å². The molecule has 396 valence electrons. The number of phenols is 1. The van der Waals surface area contributed by atoms with Gasteiger partial charge in [0.05, 0.1) is 17.4 Å². The third kappa shape index (κ3) is 26.8. The van der Waals surface area contributed by atoms with Crippen LogP contribution in [0.4, 0.5) is 35.9 Å². The number of hydrogen-bond donors (Lipinski definition) is 5. The topological polar surface area (TPSA) is 198 Å². The van der Waals surface area contributed by atoms with Crippen LogP contribution in [-0.2, 0) is 28.7 Å². The van der Waals surface area contributed by atoms with Gasteiger partial charge in [-0.05, 0) is 130 Å². The summed E-state index contributed by atoms with van der Waals surface area (Å²) in [6, 6.07) is 1.19. The summed E-state index contributed by atoms with van der Waals surface area (Å²) < 4.78 is 92.5. The van der Waals surface area contributed by atoms with Gasteiger partial charge in [0.25, 0.3) is 0 Å². The van der Waals surface area contributed by atoms with Crippen LogP contribution in [0.2, 0.25) is 0 Å². The molecule has 0 heterocycles. The number of benzene rings is 2. The van der Waals surface area contributed by atoms with Gasteiger partial charge >= 0.3 is 63.6 Å². The number of alkyl halides is 1. The van der Waals surface area contributed by atoms with Crippen molar-refractivity contribution in [1.82, 2.24) is 21.3 Å². The molecule has 14 nitrogen and oxygen atoms in total. The number of alkyl carbamates (subject to hydrolysis) is 2. The van der Waals surface area contributed by atoms with Crippen molar-refractivity contribution >= 4 is 51.5 Å². The van der Waals surface area contributed by atoms with Gasteiger partial charge in [0, 0.05) is 24.9 Å². The number of rotatable bonds is 20. The van der Waals surface area contributed by atoms with Gasteiger partial charge < -0.3 is 45.3 Å². The van der Waals surface area contributed by atoms with E-state index >= 15 is 0 Å². The molecule has 0 aliphatic heterocycles. The van der Waals surface area contributed by atoms with Crippen LogP contribution in [0.15, 0.2) is 24.3 Å². The summed E-state index contributed by atoms with van der Waals surface area (Å²) in [5, 5.41) is 19.6. The molecule has 2 aromatic carbocycles. The van der Waals surface area contributed by atoms with Gasteiger partial charge in [-0.1, -0.05) is 41.6 Å². The minimum atomic E-state index is -1.56. The van der Waals surface area contributed by atoms with Crippen LogP contribution in [0.1, 0.15) is 131 Å². The van der Waals surface area contributed by atoms with Gasteiger partial charge in [-0.25, -0.2) is 27.2 Å². The summed E-state index contributed by atoms with van der Waals surface area (Å²) in [4.78, 5) is 72.8. The molecule has 0 aromatic heterocycles. The standard InChI is InChI=1S/C24H33F3N2O5.C18H31BrN2O4.C6H3F3O.FH.K/c1-24(2,3)34-23(32)28-13-7-6-10-18(29-22(31)15-8-4-5-9-15)19(30)14-33-21-17(26)12-11-16(25)20(21)27;1-18(2,3)25-17(24)20-11-7-6-10-14(15(22)12-19)21-16(23)13-8-4-5-9-13;7-3-1-2-4(8)6(10)5(3)9;;/h11-12,15,18H,4-10,13-14H2,1-3H3,(H,28,32)(H,29,31);13-14H,4-12H2,1-3H3,(H,20,24)(H,21,23);1-2,10H;1H;/q;;;;+1/p-1/t18-;14-;;;/m00.../s1. The van der Waals surface area contributed by atoms with E-state index in [9.17, 15) is 55.1 Å². The van der Waals surface area contributed by atoms with Crippen LogP contribution in [0, 0.1) is 46.7 Å². The number of carbonyl (C=O) groups is 6. The number of amides is 4. The number of hydrogen-bond acceptors (Lipinski definition) is 10. The van der Waals surface area contributed by atoms with Gasteiger partial charge in [-0.2, -0.15) is 8.78 Å². The third-order valence-electron chi connectivity index (χ3n) is 10.6. The van der Waals surface area contributed by atoms with Gasteiger partial charge in [0.1, 0.15) is 17.8 Å². The molecule has 4 amide bonds. The Morgan fingerprint density at radius 1 is 0.620 bits per heavy atom. The van der Waals surface area contributed by atoms with Crippen LogP contribution < -0.4 is 82.1 Å². The minimum absolute atomic E-state index is 0. The molecule has 71 heavy (non-hydrogen) atoms. The first-order valence-electron chi connectivity index (χ1n) is 23.1. The van der Waals surface area contributed by atoms with E-state index in [4.69, 9.17) is 19.3 Å². The second-order valence-electron chi connectivity index (χ2n) is 18.7.